The molecule has 0 aliphatic rings. The second-order valence-electron chi connectivity index (χ2n) is 6.00. The summed E-state index contributed by atoms with van der Waals surface area (Å²) < 4.78 is 5.16. The van der Waals surface area contributed by atoms with Gasteiger partial charge in [0.05, 0.1) is 13.2 Å². The van der Waals surface area contributed by atoms with Gasteiger partial charge in [0.15, 0.2) is 5.69 Å². The Morgan fingerprint density at radius 1 is 1.12 bits per heavy atom. The minimum atomic E-state index is -0.443. The van der Waals surface area contributed by atoms with E-state index in [9.17, 15) is 9.90 Å². The number of hydrogen-bond acceptors (Lipinski definition) is 4. The highest BCUT2D eigenvalue weighted by Gasteiger charge is 2.23. The molecule has 3 rings (SSSR count). The smallest absolute Gasteiger partial charge is 0.357 e. The first-order chi connectivity index (χ1) is 12.7. The Balaban J connectivity index is 1.97. The Bertz CT molecular complexity index is 844. The number of aliphatic hydroxyl groups excluding tert-OH is 1. The van der Waals surface area contributed by atoms with E-state index < -0.39 is 5.97 Å². The zero-order valence-corrected chi connectivity index (χ0v) is 14.7. The molecule has 26 heavy (non-hydrogen) atoms. The molecule has 1 atom stereocenters. The SMILES string of the molecule is CCOC(=O)c1[nH]c([C@H](CO)Cc2ccccc2)nc1-c1ccccc1. The Kier molecular flexibility index (Phi) is 5.81. The monoisotopic (exact) mass is 350 g/mol. The average Bonchev–Trinajstić information content (AvgIpc) is 3.13. The van der Waals surface area contributed by atoms with E-state index in [0.717, 1.165) is 11.1 Å². The molecule has 134 valence electrons. The number of nitrogens with one attached hydrogen (secondary N) is 1. The molecule has 0 saturated carbocycles. The number of carbonyl (C=O) groups excluding carboxylic acids is 1. The fraction of sp³-hybridized carbons (Fsp3) is 0.238. The van der Waals surface area contributed by atoms with Gasteiger partial charge < -0.3 is 14.8 Å². The van der Waals surface area contributed by atoms with Crippen LogP contribution in [0.2, 0.25) is 0 Å². The van der Waals surface area contributed by atoms with Crippen LogP contribution < -0.4 is 0 Å². The quantitative estimate of drug-likeness (QED) is 0.639. The first-order valence-corrected chi connectivity index (χ1v) is 8.70. The summed E-state index contributed by atoms with van der Waals surface area (Å²) in [5, 5.41) is 9.88. The number of aromatic amines is 1. The van der Waals surface area contributed by atoms with E-state index in [1.165, 1.54) is 0 Å². The molecule has 0 amide bonds. The van der Waals surface area contributed by atoms with Gasteiger partial charge in [-0.1, -0.05) is 60.7 Å². The highest BCUT2D eigenvalue weighted by Crippen LogP contribution is 2.26. The zero-order valence-electron chi connectivity index (χ0n) is 14.7. The Morgan fingerprint density at radius 2 is 1.77 bits per heavy atom. The predicted molar refractivity (Wildman–Crippen MR) is 100.0 cm³/mol. The molecule has 0 fully saturated rings. The van der Waals surface area contributed by atoms with Crippen molar-refractivity contribution in [3.63, 3.8) is 0 Å². The lowest BCUT2D eigenvalue weighted by molar-refractivity contribution is 0.0520. The number of hydrogen-bond donors (Lipinski definition) is 2. The number of aliphatic hydroxyl groups is 1. The highest BCUT2D eigenvalue weighted by molar-refractivity contribution is 5.94. The number of H-pyrrole nitrogens is 1. The van der Waals surface area contributed by atoms with Gasteiger partial charge in [0.1, 0.15) is 11.5 Å². The van der Waals surface area contributed by atoms with Crippen LogP contribution >= 0.6 is 0 Å². The van der Waals surface area contributed by atoms with Gasteiger partial charge in [-0.3, -0.25) is 0 Å². The summed E-state index contributed by atoms with van der Waals surface area (Å²) in [6, 6.07) is 19.4. The van der Waals surface area contributed by atoms with Crippen LogP contribution in [-0.2, 0) is 11.2 Å². The van der Waals surface area contributed by atoms with E-state index in [1.54, 1.807) is 6.92 Å². The molecule has 0 aliphatic carbocycles. The molecular weight excluding hydrogens is 328 g/mol. The summed E-state index contributed by atoms with van der Waals surface area (Å²) >= 11 is 0. The first kappa shape index (κ1) is 17.9. The fourth-order valence-electron chi connectivity index (χ4n) is 2.89. The molecular formula is C21H22N2O3. The van der Waals surface area contributed by atoms with E-state index >= 15 is 0 Å². The predicted octanol–water partition coefficient (Wildman–Crippen LogP) is 3.57. The summed E-state index contributed by atoms with van der Waals surface area (Å²) in [4.78, 5) is 20.1. The van der Waals surface area contributed by atoms with Gasteiger partial charge in [0.2, 0.25) is 0 Å². The fourth-order valence-corrected chi connectivity index (χ4v) is 2.89. The molecule has 0 bridgehead atoms. The third-order valence-corrected chi connectivity index (χ3v) is 4.18. The number of benzene rings is 2. The number of imidazole rings is 1. The van der Waals surface area contributed by atoms with E-state index in [4.69, 9.17) is 4.74 Å². The Morgan fingerprint density at radius 3 is 2.38 bits per heavy atom. The molecule has 0 aliphatic heterocycles. The van der Waals surface area contributed by atoms with Crippen molar-refractivity contribution in [2.75, 3.05) is 13.2 Å². The lowest BCUT2D eigenvalue weighted by Gasteiger charge is -2.11. The molecule has 0 spiro atoms. The van der Waals surface area contributed by atoms with Gasteiger partial charge in [-0.15, -0.1) is 0 Å². The van der Waals surface area contributed by atoms with Crippen LogP contribution in [0.4, 0.5) is 0 Å². The van der Waals surface area contributed by atoms with E-state index in [1.807, 2.05) is 60.7 Å². The molecule has 3 aromatic rings. The second-order valence-corrected chi connectivity index (χ2v) is 6.00. The van der Waals surface area contributed by atoms with Crippen molar-refractivity contribution in [1.82, 2.24) is 9.97 Å². The lowest BCUT2D eigenvalue weighted by Crippen LogP contribution is -2.11. The number of rotatable bonds is 7. The van der Waals surface area contributed by atoms with Crippen LogP contribution in [0.25, 0.3) is 11.3 Å². The van der Waals surface area contributed by atoms with Gasteiger partial charge in [-0.2, -0.15) is 0 Å². The Hall–Kier alpha value is -2.92. The van der Waals surface area contributed by atoms with Gasteiger partial charge in [0.25, 0.3) is 0 Å². The standard InChI is InChI=1S/C21H22N2O3/c1-2-26-21(25)19-18(16-11-7-4-8-12-16)22-20(23-19)17(14-24)13-15-9-5-3-6-10-15/h3-12,17,24H,2,13-14H2,1H3,(H,22,23)/t17-/m0/s1. The number of aromatic nitrogens is 2. The largest absolute Gasteiger partial charge is 0.461 e. The first-order valence-electron chi connectivity index (χ1n) is 8.70. The van der Waals surface area contributed by atoms with Crippen molar-refractivity contribution in [3.8, 4) is 11.3 Å². The molecule has 2 N–H and O–H groups in total. The van der Waals surface area contributed by atoms with E-state index in [0.29, 0.717) is 23.6 Å². The molecule has 5 heteroatoms. The maximum absolute atomic E-state index is 12.4. The second kappa shape index (κ2) is 8.45. The third-order valence-electron chi connectivity index (χ3n) is 4.18. The molecule has 2 aromatic carbocycles. The molecule has 0 unspecified atom stereocenters. The van der Waals surface area contributed by atoms with E-state index in [-0.39, 0.29) is 19.1 Å². The lowest BCUT2D eigenvalue weighted by atomic mass is 9.99. The van der Waals surface area contributed by atoms with Crippen molar-refractivity contribution in [3.05, 3.63) is 77.7 Å². The van der Waals surface area contributed by atoms with Crippen molar-refractivity contribution in [2.45, 2.75) is 19.3 Å². The topological polar surface area (TPSA) is 75.2 Å². The van der Waals surface area contributed by atoms with Crippen LogP contribution in [0.1, 0.15) is 34.7 Å². The average molecular weight is 350 g/mol. The summed E-state index contributed by atoms with van der Waals surface area (Å²) in [6.45, 7) is 1.98. The minimum Gasteiger partial charge on any atom is -0.461 e. The molecule has 1 heterocycles. The highest BCUT2D eigenvalue weighted by atomic mass is 16.5. The number of esters is 1. The molecule has 1 aromatic heterocycles. The molecule has 5 nitrogen and oxygen atoms in total. The number of ether oxygens (including phenoxy) is 1. The van der Waals surface area contributed by atoms with Gasteiger partial charge in [-0.05, 0) is 18.9 Å². The van der Waals surface area contributed by atoms with Crippen LogP contribution in [0.15, 0.2) is 60.7 Å². The van der Waals surface area contributed by atoms with E-state index in [2.05, 4.69) is 9.97 Å². The Labute approximate surface area is 152 Å². The van der Waals surface area contributed by atoms with Gasteiger partial charge >= 0.3 is 5.97 Å². The summed E-state index contributed by atoms with van der Waals surface area (Å²) in [6.07, 6.45) is 0.626. The van der Waals surface area contributed by atoms with Crippen LogP contribution in [0, 0.1) is 0 Å². The van der Waals surface area contributed by atoms with Crippen LogP contribution in [-0.4, -0.2) is 34.3 Å². The maximum Gasteiger partial charge on any atom is 0.357 e. The van der Waals surface area contributed by atoms with Gasteiger partial charge in [-0.25, -0.2) is 9.78 Å². The van der Waals surface area contributed by atoms with Crippen molar-refractivity contribution in [1.29, 1.82) is 0 Å². The summed E-state index contributed by atoms with van der Waals surface area (Å²) in [5.74, 6) is -0.0946. The van der Waals surface area contributed by atoms with Crippen molar-refractivity contribution < 1.29 is 14.6 Å². The maximum atomic E-state index is 12.4. The third kappa shape index (κ3) is 4.00. The minimum absolute atomic E-state index is 0.0705. The van der Waals surface area contributed by atoms with Crippen molar-refractivity contribution in [2.24, 2.45) is 0 Å². The summed E-state index contributed by atoms with van der Waals surface area (Å²) in [7, 11) is 0. The normalized spacial score (nSPS) is 11.9. The number of carbonyl (C=O) groups is 1. The molecule has 0 saturated heterocycles. The van der Waals surface area contributed by atoms with Gasteiger partial charge in [0, 0.05) is 11.5 Å². The van der Waals surface area contributed by atoms with Crippen molar-refractivity contribution >= 4 is 5.97 Å². The summed E-state index contributed by atoms with van der Waals surface area (Å²) in [5.41, 5.74) is 2.79. The van der Waals surface area contributed by atoms with Crippen LogP contribution in [0.3, 0.4) is 0 Å². The number of nitrogens with zero attached hydrogens (tertiary/aromatic N) is 1. The zero-order chi connectivity index (χ0) is 18.4. The molecule has 0 radical (unpaired) electrons. The van der Waals surface area contributed by atoms with Crippen LogP contribution in [0.5, 0.6) is 0 Å².